The maximum atomic E-state index is 10.9. The van der Waals surface area contributed by atoms with Gasteiger partial charge in [0.05, 0.1) is 24.7 Å². The summed E-state index contributed by atoms with van der Waals surface area (Å²) in [5.74, 6) is 1.17. The third-order valence-corrected chi connectivity index (χ3v) is 6.12. The van der Waals surface area contributed by atoms with Crippen LogP contribution in [0.5, 0.6) is 5.75 Å². The zero-order valence-corrected chi connectivity index (χ0v) is 18.4. The Hall–Kier alpha value is -2.75. The van der Waals surface area contributed by atoms with Crippen LogP contribution in [-0.4, -0.2) is 48.5 Å². The summed E-state index contributed by atoms with van der Waals surface area (Å²) in [6, 6.07) is 15.9. The highest BCUT2D eigenvalue weighted by Gasteiger charge is 2.24. The highest BCUT2D eigenvalue weighted by Crippen LogP contribution is 2.36. The van der Waals surface area contributed by atoms with Gasteiger partial charge in [-0.1, -0.05) is 41.6 Å². The van der Waals surface area contributed by atoms with E-state index in [0.29, 0.717) is 5.92 Å². The Morgan fingerprint density at radius 3 is 2.58 bits per heavy atom. The number of benzene rings is 2. The Labute approximate surface area is 183 Å². The molecule has 0 atom stereocenters. The number of aromatic nitrogens is 3. The van der Waals surface area contributed by atoms with Crippen LogP contribution in [0.4, 0.5) is 0 Å². The Kier molecular flexibility index (Phi) is 6.96. The third-order valence-electron chi connectivity index (χ3n) is 5.70. The molecule has 0 aliphatic carbocycles. The van der Waals surface area contributed by atoms with Gasteiger partial charge in [0.25, 0.3) is 0 Å². The number of para-hydroxylation sites is 2. The summed E-state index contributed by atoms with van der Waals surface area (Å²) in [7, 11) is -0.991. The molecule has 4 rings (SSSR count). The lowest BCUT2D eigenvalue weighted by atomic mass is 9.87. The van der Waals surface area contributed by atoms with Crippen LogP contribution in [0.1, 0.15) is 35.6 Å². The van der Waals surface area contributed by atoms with Gasteiger partial charge in [0.15, 0.2) is 0 Å². The van der Waals surface area contributed by atoms with Crippen LogP contribution < -0.4 is 9.46 Å². The van der Waals surface area contributed by atoms with Gasteiger partial charge in [0, 0.05) is 18.7 Å². The van der Waals surface area contributed by atoms with Gasteiger partial charge in [-0.2, -0.15) is 0 Å². The van der Waals surface area contributed by atoms with Crippen molar-refractivity contribution in [2.45, 2.75) is 31.8 Å². The number of ether oxygens (including phenoxy) is 1. The average Bonchev–Trinajstić information content (AvgIpc) is 3.27. The maximum absolute atomic E-state index is 10.9. The zero-order valence-electron chi connectivity index (χ0n) is 17.5. The fourth-order valence-corrected chi connectivity index (χ4v) is 4.47. The first-order valence-corrected chi connectivity index (χ1v) is 11.5. The zero-order chi connectivity index (χ0) is 21.6. The lowest BCUT2D eigenvalue weighted by Gasteiger charge is -2.32. The third kappa shape index (κ3) is 5.30. The number of rotatable bonds is 8. The van der Waals surface area contributed by atoms with Crippen LogP contribution in [0, 0.1) is 0 Å². The number of thiol groups is 1. The summed E-state index contributed by atoms with van der Waals surface area (Å²) >= 11 is 0. The monoisotopic (exact) mass is 441 g/mol. The number of piperidine rings is 1. The van der Waals surface area contributed by atoms with Gasteiger partial charge in [-0.3, -0.25) is 4.90 Å². The molecule has 1 fully saturated rings. The summed E-state index contributed by atoms with van der Waals surface area (Å²) < 4.78 is 31.7. The van der Waals surface area contributed by atoms with Gasteiger partial charge in [-0.15, -0.1) is 5.10 Å². The molecule has 1 N–H and O–H groups in total. The fraction of sp³-hybridized carbons (Fsp3) is 0.364. The Morgan fingerprint density at radius 2 is 1.87 bits per heavy atom. The Morgan fingerprint density at radius 1 is 1.10 bits per heavy atom. The number of hydrogen-bond acceptors (Lipinski definition) is 6. The molecule has 2 aromatic carbocycles. The highest BCUT2D eigenvalue weighted by atomic mass is 32.2. The molecule has 0 amide bonds. The van der Waals surface area contributed by atoms with Crippen LogP contribution in [-0.2, 0) is 24.0 Å². The van der Waals surface area contributed by atoms with E-state index in [0.717, 1.165) is 60.7 Å². The molecule has 0 bridgehead atoms. The van der Waals surface area contributed by atoms with Gasteiger partial charge in [0.1, 0.15) is 5.75 Å². The minimum atomic E-state index is -2.63. The van der Waals surface area contributed by atoms with Crippen LogP contribution in [0.15, 0.2) is 54.7 Å². The topological polar surface area (TPSA) is 89.4 Å². The van der Waals surface area contributed by atoms with E-state index >= 15 is 0 Å². The van der Waals surface area contributed by atoms with Crippen molar-refractivity contribution in [3.63, 3.8) is 0 Å². The number of methoxy groups -OCH3 is 1. The first kappa shape index (κ1) is 21.5. The van der Waals surface area contributed by atoms with E-state index in [4.69, 9.17) is 4.74 Å². The normalized spacial score (nSPS) is 15.4. The minimum absolute atomic E-state index is 0.242. The molecule has 0 radical (unpaired) electrons. The highest BCUT2D eigenvalue weighted by molar-refractivity contribution is 7.70. The summed E-state index contributed by atoms with van der Waals surface area (Å²) in [5.41, 5.74) is 3.97. The molecule has 9 heteroatoms. The van der Waals surface area contributed by atoms with Gasteiger partial charge >= 0.3 is 0 Å². The molecular weight excluding hydrogens is 414 g/mol. The molecule has 8 nitrogen and oxygen atoms in total. The Bertz CT molecular complexity index is 1070. The second kappa shape index (κ2) is 10.0. The van der Waals surface area contributed by atoms with Crippen molar-refractivity contribution in [1.82, 2.24) is 24.6 Å². The predicted octanol–water partition coefficient (Wildman–Crippen LogP) is 2.27. The molecule has 0 saturated carbocycles. The smallest absolute Gasteiger partial charge is 0.201 e. The van der Waals surface area contributed by atoms with Crippen molar-refractivity contribution in [3.05, 3.63) is 71.5 Å². The van der Waals surface area contributed by atoms with Gasteiger partial charge in [0.2, 0.25) is 10.9 Å². The summed E-state index contributed by atoms with van der Waals surface area (Å²) in [6.07, 6.45) is 4.01. The molecule has 0 spiro atoms. The van der Waals surface area contributed by atoms with E-state index in [9.17, 15) is 8.42 Å². The summed E-state index contributed by atoms with van der Waals surface area (Å²) in [4.78, 5) is 2.40. The van der Waals surface area contributed by atoms with Crippen molar-refractivity contribution >= 4 is 10.9 Å². The quantitative estimate of drug-likeness (QED) is 0.522. The van der Waals surface area contributed by atoms with Crippen molar-refractivity contribution in [2.75, 3.05) is 20.2 Å². The minimum Gasteiger partial charge on any atom is -0.496 e. The predicted molar refractivity (Wildman–Crippen MR) is 119 cm³/mol. The lowest BCUT2D eigenvalue weighted by molar-refractivity contribution is 0.201. The van der Waals surface area contributed by atoms with Crippen molar-refractivity contribution < 1.29 is 13.2 Å². The Balaban J connectivity index is 1.38. The maximum Gasteiger partial charge on any atom is 0.201 e. The fourth-order valence-electron chi connectivity index (χ4n) is 4.17. The average molecular weight is 442 g/mol. The molecule has 1 saturated heterocycles. The summed E-state index contributed by atoms with van der Waals surface area (Å²) in [6.45, 7) is 2.94. The summed E-state index contributed by atoms with van der Waals surface area (Å²) in [5, 5.41) is 8.58. The second-order valence-electron chi connectivity index (χ2n) is 7.67. The number of hydrogen-bond donors (Lipinski definition) is 2. The van der Waals surface area contributed by atoms with E-state index in [1.807, 2.05) is 53.3 Å². The SMILES string of the molecule is COc1c(CN[SH](=O)=O)cccc1C1CCN(Cc2cn(-c3ccccc3)nn2)CC1. The van der Waals surface area contributed by atoms with Crippen LogP contribution in [0.3, 0.4) is 0 Å². The van der Waals surface area contributed by atoms with Crippen LogP contribution >= 0.6 is 0 Å². The number of likely N-dealkylation sites (tertiary alicyclic amines) is 1. The van der Waals surface area contributed by atoms with E-state index in [1.54, 1.807) is 7.11 Å². The largest absolute Gasteiger partial charge is 0.496 e. The van der Waals surface area contributed by atoms with Crippen LogP contribution in [0.25, 0.3) is 5.69 Å². The molecule has 0 unspecified atom stereocenters. The first-order chi connectivity index (χ1) is 15.1. The number of nitrogens with one attached hydrogen (secondary N) is 1. The number of nitrogens with zero attached hydrogens (tertiary/aromatic N) is 4. The molecular formula is C22H27N5O3S. The van der Waals surface area contributed by atoms with Crippen molar-refractivity contribution in [3.8, 4) is 11.4 Å². The molecule has 2 heterocycles. The molecule has 3 aromatic rings. The van der Waals surface area contributed by atoms with Gasteiger partial charge in [-0.05, 0) is 49.5 Å². The van der Waals surface area contributed by atoms with Gasteiger partial charge < -0.3 is 4.74 Å². The van der Waals surface area contributed by atoms with E-state index in [2.05, 4.69) is 26.0 Å². The van der Waals surface area contributed by atoms with Gasteiger partial charge in [-0.25, -0.2) is 17.8 Å². The molecule has 31 heavy (non-hydrogen) atoms. The molecule has 1 aromatic heterocycles. The van der Waals surface area contributed by atoms with E-state index < -0.39 is 10.9 Å². The van der Waals surface area contributed by atoms with Crippen molar-refractivity contribution in [2.24, 2.45) is 0 Å². The molecule has 1 aliphatic heterocycles. The lowest BCUT2D eigenvalue weighted by Crippen LogP contribution is -2.32. The standard InChI is InChI=1S/C22H27N5O3S/c1-30-22-18(14-23-31(28)29)6-5-9-21(22)17-10-12-26(13-11-17)15-19-16-27(25-24-19)20-7-3-2-4-8-20/h2-9,16-17,31H,10-15H2,1H3,(H,23,28,29). The van der Waals surface area contributed by atoms with Crippen LogP contribution in [0.2, 0.25) is 0 Å². The molecule has 1 aliphatic rings. The van der Waals surface area contributed by atoms with Crippen molar-refractivity contribution in [1.29, 1.82) is 0 Å². The second-order valence-corrected chi connectivity index (χ2v) is 8.50. The van der Waals surface area contributed by atoms with E-state index in [-0.39, 0.29) is 6.54 Å². The first-order valence-electron chi connectivity index (χ1n) is 10.4. The van der Waals surface area contributed by atoms with E-state index in [1.165, 1.54) is 0 Å². The molecule has 164 valence electrons.